The summed E-state index contributed by atoms with van der Waals surface area (Å²) in [5.74, 6) is 0.303. The van der Waals surface area contributed by atoms with E-state index in [1.807, 2.05) is 24.3 Å². The summed E-state index contributed by atoms with van der Waals surface area (Å²) >= 11 is 11.8. The molecule has 2 rings (SSSR count). The number of nitrogens with one attached hydrogen (secondary N) is 1. The second-order valence-electron chi connectivity index (χ2n) is 4.75. The Bertz CT molecular complexity index is 717. The lowest BCUT2D eigenvalue weighted by atomic mass is 10.2. The van der Waals surface area contributed by atoms with Gasteiger partial charge in [0, 0.05) is 10.6 Å². The van der Waals surface area contributed by atoms with Crippen LogP contribution in [0, 0.1) is 0 Å². The van der Waals surface area contributed by atoms with Gasteiger partial charge in [-0.1, -0.05) is 48.3 Å². The lowest BCUT2D eigenvalue weighted by molar-refractivity contribution is -0.123. The fourth-order valence-electron chi connectivity index (χ4n) is 1.82. The molecule has 2 aromatic rings. The molecule has 1 N–H and O–H groups in total. The van der Waals surface area contributed by atoms with Gasteiger partial charge < -0.3 is 4.74 Å². The predicted octanol–water partition coefficient (Wildman–Crippen LogP) is 4.08. The van der Waals surface area contributed by atoms with E-state index < -0.39 is 0 Å². The molecule has 0 spiro atoms. The number of ether oxygens (including phenoxy) is 1. The van der Waals surface area contributed by atoms with Crippen LogP contribution in [-0.4, -0.2) is 18.7 Å². The van der Waals surface area contributed by atoms with E-state index in [0.29, 0.717) is 21.4 Å². The Labute approximate surface area is 145 Å². The zero-order chi connectivity index (χ0) is 16.7. The van der Waals surface area contributed by atoms with Gasteiger partial charge in [0.1, 0.15) is 5.75 Å². The van der Waals surface area contributed by atoms with Gasteiger partial charge in [0.15, 0.2) is 6.61 Å². The van der Waals surface area contributed by atoms with E-state index in [0.717, 1.165) is 12.0 Å². The lowest BCUT2D eigenvalue weighted by Gasteiger charge is -2.06. The molecule has 120 valence electrons. The van der Waals surface area contributed by atoms with Crippen LogP contribution in [0.15, 0.2) is 47.6 Å². The molecule has 2 aromatic carbocycles. The smallest absolute Gasteiger partial charge is 0.277 e. The van der Waals surface area contributed by atoms with Crippen LogP contribution >= 0.6 is 23.2 Å². The minimum Gasteiger partial charge on any atom is -0.484 e. The van der Waals surface area contributed by atoms with Crippen molar-refractivity contribution in [1.29, 1.82) is 0 Å². The first-order valence-electron chi connectivity index (χ1n) is 7.07. The molecule has 0 aliphatic rings. The number of amides is 1. The Hall–Kier alpha value is -2.04. The molecule has 4 nitrogen and oxygen atoms in total. The summed E-state index contributed by atoms with van der Waals surface area (Å²) in [6.07, 6.45) is 2.36. The van der Waals surface area contributed by atoms with Gasteiger partial charge in [-0.2, -0.15) is 5.10 Å². The van der Waals surface area contributed by atoms with E-state index in [-0.39, 0.29) is 12.5 Å². The number of halogens is 2. The van der Waals surface area contributed by atoms with Crippen molar-refractivity contribution in [1.82, 2.24) is 5.43 Å². The third-order valence-electron chi connectivity index (χ3n) is 3.03. The number of benzene rings is 2. The van der Waals surface area contributed by atoms with Crippen LogP contribution in [-0.2, 0) is 11.2 Å². The van der Waals surface area contributed by atoms with Gasteiger partial charge in [-0.3, -0.25) is 4.79 Å². The molecule has 0 unspecified atom stereocenters. The van der Waals surface area contributed by atoms with Crippen molar-refractivity contribution in [3.8, 4) is 5.75 Å². The van der Waals surface area contributed by atoms with Crippen LogP contribution in [0.1, 0.15) is 18.1 Å². The molecule has 6 heteroatoms. The summed E-state index contributed by atoms with van der Waals surface area (Å²) in [7, 11) is 0. The van der Waals surface area contributed by atoms with Crippen molar-refractivity contribution >= 4 is 35.3 Å². The molecular weight excluding hydrogens is 335 g/mol. The SMILES string of the molecule is CCc1cccc(OCC(=O)N/N=C/c2ccc(Cl)cc2Cl)c1. The van der Waals surface area contributed by atoms with Gasteiger partial charge in [-0.15, -0.1) is 0 Å². The summed E-state index contributed by atoms with van der Waals surface area (Å²) in [6, 6.07) is 12.6. The molecule has 0 heterocycles. The van der Waals surface area contributed by atoms with Gasteiger partial charge in [0.25, 0.3) is 5.91 Å². The number of nitrogens with zero attached hydrogens (tertiary/aromatic N) is 1. The maximum atomic E-state index is 11.7. The molecule has 0 aliphatic heterocycles. The van der Waals surface area contributed by atoms with Gasteiger partial charge in [-0.05, 0) is 36.2 Å². The minimum absolute atomic E-state index is 0.112. The number of hydrazone groups is 1. The highest BCUT2D eigenvalue weighted by atomic mass is 35.5. The number of rotatable bonds is 6. The summed E-state index contributed by atoms with van der Waals surface area (Å²) in [4.78, 5) is 11.7. The van der Waals surface area contributed by atoms with E-state index in [1.165, 1.54) is 6.21 Å². The predicted molar refractivity (Wildman–Crippen MR) is 93.5 cm³/mol. The highest BCUT2D eigenvalue weighted by molar-refractivity contribution is 6.36. The van der Waals surface area contributed by atoms with E-state index in [4.69, 9.17) is 27.9 Å². The molecule has 0 radical (unpaired) electrons. The number of carbonyl (C=O) groups excluding carboxylic acids is 1. The maximum Gasteiger partial charge on any atom is 0.277 e. The van der Waals surface area contributed by atoms with Crippen molar-refractivity contribution in [2.75, 3.05) is 6.61 Å². The first kappa shape index (κ1) is 17.3. The zero-order valence-corrected chi connectivity index (χ0v) is 14.1. The molecule has 23 heavy (non-hydrogen) atoms. The summed E-state index contributed by atoms with van der Waals surface area (Å²) in [5.41, 5.74) is 4.20. The molecule has 0 aromatic heterocycles. The Morgan fingerprint density at radius 1 is 1.26 bits per heavy atom. The first-order valence-corrected chi connectivity index (χ1v) is 7.82. The highest BCUT2D eigenvalue weighted by Gasteiger charge is 2.02. The second-order valence-corrected chi connectivity index (χ2v) is 5.59. The third kappa shape index (κ3) is 5.58. The molecule has 0 aliphatic carbocycles. The molecule has 0 saturated carbocycles. The summed E-state index contributed by atoms with van der Waals surface area (Å²) in [6.45, 7) is 1.95. The van der Waals surface area contributed by atoms with Crippen LogP contribution in [0.25, 0.3) is 0 Å². The Kier molecular flexibility index (Phi) is 6.44. The van der Waals surface area contributed by atoms with Crippen molar-refractivity contribution < 1.29 is 9.53 Å². The van der Waals surface area contributed by atoms with Crippen LogP contribution in [0.2, 0.25) is 10.0 Å². The number of carbonyl (C=O) groups is 1. The molecular formula is C17H16Cl2N2O2. The Morgan fingerprint density at radius 3 is 2.83 bits per heavy atom. The van der Waals surface area contributed by atoms with E-state index in [1.54, 1.807) is 18.2 Å². The van der Waals surface area contributed by atoms with Crippen molar-refractivity contribution in [3.63, 3.8) is 0 Å². The van der Waals surface area contributed by atoms with Gasteiger partial charge in [-0.25, -0.2) is 5.43 Å². The standard InChI is InChI=1S/C17H16Cl2N2O2/c1-2-12-4-3-5-15(8-12)23-11-17(22)21-20-10-13-6-7-14(18)9-16(13)19/h3-10H,2,11H2,1H3,(H,21,22)/b20-10+. The summed E-state index contributed by atoms with van der Waals surface area (Å²) in [5, 5.41) is 4.85. The Morgan fingerprint density at radius 2 is 2.09 bits per heavy atom. The van der Waals surface area contributed by atoms with E-state index in [2.05, 4.69) is 17.5 Å². The van der Waals surface area contributed by atoms with E-state index in [9.17, 15) is 4.79 Å². The molecule has 0 fully saturated rings. The minimum atomic E-state index is -0.353. The van der Waals surface area contributed by atoms with Crippen molar-refractivity contribution in [3.05, 3.63) is 63.6 Å². The van der Waals surface area contributed by atoms with Crippen molar-refractivity contribution in [2.24, 2.45) is 5.10 Å². The van der Waals surface area contributed by atoms with Crippen LogP contribution in [0.3, 0.4) is 0 Å². The lowest BCUT2D eigenvalue weighted by Crippen LogP contribution is -2.24. The van der Waals surface area contributed by atoms with Crippen LogP contribution < -0.4 is 10.2 Å². The normalized spacial score (nSPS) is 10.7. The largest absolute Gasteiger partial charge is 0.484 e. The molecule has 0 saturated heterocycles. The van der Waals surface area contributed by atoms with Crippen LogP contribution in [0.4, 0.5) is 0 Å². The fourth-order valence-corrected chi connectivity index (χ4v) is 2.27. The monoisotopic (exact) mass is 350 g/mol. The maximum absolute atomic E-state index is 11.7. The van der Waals surface area contributed by atoms with Gasteiger partial charge >= 0.3 is 0 Å². The van der Waals surface area contributed by atoms with Gasteiger partial charge in [0.2, 0.25) is 0 Å². The quantitative estimate of drug-likeness (QED) is 0.630. The number of aryl methyl sites for hydroxylation is 1. The Balaban J connectivity index is 1.83. The van der Waals surface area contributed by atoms with Crippen LogP contribution in [0.5, 0.6) is 5.75 Å². The van der Waals surface area contributed by atoms with Crippen molar-refractivity contribution in [2.45, 2.75) is 13.3 Å². The first-order chi connectivity index (χ1) is 11.1. The third-order valence-corrected chi connectivity index (χ3v) is 3.59. The average molecular weight is 351 g/mol. The number of hydrogen-bond acceptors (Lipinski definition) is 3. The number of hydrogen-bond donors (Lipinski definition) is 1. The zero-order valence-electron chi connectivity index (χ0n) is 12.6. The van der Waals surface area contributed by atoms with Gasteiger partial charge in [0.05, 0.1) is 11.2 Å². The summed E-state index contributed by atoms with van der Waals surface area (Å²) < 4.78 is 5.42. The topological polar surface area (TPSA) is 50.7 Å². The molecule has 0 atom stereocenters. The highest BCUT2D eigenvalue weighted by Crippen LogP contribution is 2.19. The molecule has 1 amide bonds. The second kappa shape index (κ2) is 8.56. The average Bonchev–Trinajstić information content (AvgIpc) is 2.55. The van der Waals surface area contributed by atoms with E-state index >= 15 is 0 Å². The fraction of sp³-hybridized carbons (Fsp3) is 0.176. The molecule has 0 bridgehead atoms.